The average Bonchev–Trinajstić information content (AvgIpc) is 3.51. The number of amides is 2. The molecule has 1 N–H and O–H groups in total. The molecule has 1 aromatic heterocycles. The van der Waals surface area contributed by atoms with E-state index in [-0.39, 0.29) is 6.03 Å². The lowest BCUT2D eigenvalue weighted by Gasteiger charge is -2.59. The molecule has 8 heteroatoms. The van der Waals surface area contributed by atoms with Gasteiger partial charge in [0.1, 0.15) is 6.33 Å². The van der Waals surface area contributed by atoms with Gasteiger partial charge < -0.3 is 9.80 Å². The predicted octanol–water partition coefficient (Wildman–Crippen LogP) is 3.92. The van der Waals surface area contributed by atoms with Gasteiger partial charge in [0.05, 0.1) is 6.04 Å². The Bertz CT molecular complexity index is 938. The van der Waals surface area contributed by atoms with Crippen molar-refractivity contribution < 1.29 is 4.79 Å². The Morgan fingerprint density at radius 3 is 2.53 bits per heavy atom. The van der Waals surface area contributed by atoms with Crippen molar-refractivity contribution in [3.05, 3.63) is 42.5 Å². The lowest BCUT2D eigenvalue weighted by molar-refractivity contribution is -0.0750. The van der Waals surface area contributed by atoms with Crippen molar-refractivity contribution in [2.45, 2.75) is 55.4 Å². The molecule has 2 aromatic rings. The average molecular weight is 453 g/mol. The highest BCUT2D eigenvalue weighted by atomic mass is 32.2. The number of nitrogens with zero attached hydrogens (tertiary/aromatic N) is 5. The number of urea groups is 1. The molecule has 0 atom stereocenters. The van der Waals surface area contributed by atoms with Gasteiger partial charge in [-0.2, -0.15) is 5.10 Å². The lowest BCUT2D eigenvalue weighted by Crippen LogP contribution is -2.66. The molecule has 32 heavy (non-hydrogen) atoms. The van der Waals surface area contributed by atoms with Crippen molar-refractivity contribution in [1.82, 2.24) is 29.3 Å². The molecule has 170 valence electrons. The summed E-state index contributed by atoms with van der Waals surface area (Å²) in [6, 6.07) is 11.2. The minimum absolute atomic E-state index is 0.251. The smallest absolute Gasteiger partial charge is 0.320 e. The van der Waals surface area contributed by atoms with Crippen LogP contribution in [0.3, 0.4) is 0 Å². The van der Waals surface area contributed by atoms with Gasteiger partial charge in [-0.05, 0) is 68.5 Å². The number of carbonyl (C=O) groups is 1. The maximum Gasteiger partial charge on any atom is 0.320 e. The van der Waals surface area contributed by atoms with Crippen LogP contribution in [-0.2, 0) is 0 Å². The minimum Gasteiger partial charge on any atom is -0.325 e. The van der Waals surface area contributed by atoms with Crippen LogP contribution in [0.15, 0.2) is 41.6 Å². The Morgan fingerprint density at radius 1 is 1.06 bits per heavy atom. The van der Waals surface area contributed by atoms with Gasteiger partial charge >= 0.3 is 6.03 Å². The van der Waals surface area contributed by atoms with Gasteiger partial charge in [0.2, 0.25) is 0 Å². The van der Waals surface area contributed by atoms with Crippen molar-refractivity contribution in [2.24, 2.45) is 11.3 Å². The van der Waals surface area contributed by atoms with Gasteiger partial charge in [0, 0.05) is 49.0 Å². The molecular formula is C24H32N6OS. The van der Waals surface area contributed by atoms with Crippen LogP contribution >= 0.6 is 11.9 Å². The fourth-order valence-electron chi connectivity index (χ4n) is 5.54. The van der Waals surface area contributed by atoms with Crippen molar-refractivity contribution in [3.8, 4) is 0 Å². The van der Waals surface area contributed by atoms with Gasteiger partial charge in [-0.3, -0.25) is 4.72 Å². The molecule has 2 saturated heterocycles. The normalized spacial score (nSPS) is 23.2. The molecule has 0 unspecified atom stereocenters. The number of aromatic nitrogens is 3. The summed E-state index contributed by atoms with van der Waals surface area (Å²) < 4.78 is 5.59. The Kier molecular flexibility index (Phi) is 5.38. The maximum absolute atomic E-state index is 13.0. The van der Waals surface area contributed by atoms with Crippen molar-refractivity contribution in [3.63, 3.8) is 0 Å². The van der Waals surface area contributed by atoms with E-state index in [2.05, 4.69) is 48.5 Å². The van der Waals surface area contributed by atoms with Crippen LogP contribution < -0.4 is 4.72 Å². The minimum atomic E-state index is 0.251. The molecule has 1 spiro atoms. The zero-order valence-corrected chi connectivity index (χ0v) is 19.3. The van der Waals surface area contributed by atoms with Crippen LogP contribution in [0.4, 0.5) is 4.79 Å². The first-order valence-electron chi connectivity index (χ1n) is 12.1. The summed E-state index contributed by atoms with van der Waals surface area (Å²) in [5.41, 5.74) is 0.336. The summed E-state index contributed by atoms with van der Waals surface area (Å²) in [6.07, 6.45) is 8.86. The van der Waals surface area contributed by atoms with E-state index >= 15 is 0 Å². The van der Waals surface area contributed by atoms with E-state index < -0.39 is 0 Å². The summed E-state index contributed by atoms with van der Waals surface area (Å²) in [5.74, 6) is 2.30. The molecule has 2 aliphatic heterocycles. The SMILES string of the molecule is O=C(N1CCC(CNSc2ccccc2)CC1)N1CC2(CC(n3cnc(C4CC4)n3)C2)C1. The molecular weight excluding hydrogens is 420 g/mol. The summed E-state index contributed by atoms with van der Waals surface area (Å²) in [5, 5.41) is 4.70. The van der Waals surface area contributed by atoms with Gasteiger partial charge in [-0.15, -0.1) is 0 Å². The first-order valence-corrected chi connectivity index (χ1v) is 12.9. The Balaban J connectivity index is 0.904. The molecule has 4 fully saturated rings. The van der Waals surface area contributed by atoms with Crippen LogP contribution in [0.2, 0.25) is 0 Å². The van der Waals surface area contributed by atoms with E-state index in [1.165, 1.54) is 17.7 Å². The number of likely N-dealkylation sites (tertiary alicyclic amines) is 2. The number of benzene rings is 1. The molecule has 1 aromatic carbocycles. The van der Waals surface area contributed by atoms with Crippen LogP contribution in [0.25, 0.3) is 0 Å². The van der Waals surface area contributed by atoms with Crippen molar-refractivity contribution in [2.75, 3.05) is 32.7 Å². The quantitative estimate of drug-likeness (QED) is 0.673. The second-order valence-corrected chi connectivity index (χ2v) is 11.2. The Hall–Kier alpha value is -2.06. The fraction of sp³-hybridized carbons (Fsp3) is 0.625. The number of hydrogen-bond donors (Lipinski definition) is 1. The number of rotatable bonds is 6. The van der Waals surface area contributed by atoms with E-state index in [0.717, 1.165) is 64.2 Å². The third-order valence-corrected chi connectivity index (χ3v) is 8.51. The van der Waals surface area contributed by atoms with E-state index in [4.69, 9.17) is 5.10 Å². The second kappa shape index (κ2) is 8.37. The Morgan fingerprint density at radius 2 is 1.81 bits per heavy atom. The zero-order chi connectivity index (χ0) is 21.5. The zero-order valence-electron chi connectivity index (χ0n) is 18.5. The molecule has 6 rings (SSSR count). The Labute approximate surface area is 194 Å². The van der Waals surface area contributed by atoms with Gasteiger partial charge in [0.15, 0.2) is 5.82 Å². The summed E-state index contributed by atoms with van der Waals surface area (Å²) >= 11 is 1.70. The largest absolute Gasteiger partial charge is 0.325 e. The van der Waals surface area contributed by atoms with Crippen LogP contribution in [0.1, 0.15) is 56.3 Å². The van der Waals surface area contributed by atoms with Gasteiger partial charge in [0.25, 0.3) is 0 Å². The third-order valence-electron chi connectivity index (χ3n) is 7.69. The molecule has 3 heterocycles. The van der Waals surface area contributed by atoms with Crippen molar-refractivity contribution in [1.29, 1.82) is 0 Å². The van der Waals surface area contributed by atoms with E-state index in [1.807, 2.05) is 12.4 Å². The van der Waals surface area contributed by atoms with Crippen molar-refractivity contribution >= 4 is 18.0 Å². The highest BCUT2D eigenvalue weighted by Gasteiger charge is 2.55. The molecule has 2 saturated carbocycles. The van der Waals surface area contributed by atoms with Crippen LogP contribution in [0.5, 0.6) is 0 Å². The van der Waals surface area contributed by atoms with E-state index in [1.54, 1.807) is 11.9 Å². The molecule has 2 amide bonds. The lowest BCUT2D eigenvalue weighted by atomic mass is 9.61. The first kappa shape index (κ1) is 20.5. The van der Waals surface area contributed by atoms with E-state index in [9.17, 15) is 4.79 Å². The number of hydrogen-bond acceptors (Lipinski definition) is 5. The summed E-state index contributed by atoms with van der Waals surface area (Å²) in [6.45, 7) is 4.61. The highest BCUT2D eigenvalue weighted by Crippen LogP contribution is 2.54. The molecule has 2 aliphatic carbocycles. The standard InChI is InChI=1S/C24H32N6OS/c31-23(28-10-8-18(9-11-28)14-26-32-21-4-2-1-3-5-21)29-15-24(16-29)12-20(13-24)30-17-25-22(27-30)19-6-7-19/h1-5,17-20,26H,6-16H2. The highest BCUT2D eigenvalue weighted by molar-refractivity contribution is 7.97. The molecule has 7 nitrogen and oxygen atoms in total. The van der Waals surface area contributed by atoms with E-state index in [0.29, 0.717) is 23.3 Å². The van der Waals surface area contributed by atoms with Gasteiger partial charge in [-0.1, -0.05) is 18.2 Å². The summed E-state index contributed by atoms with van der Waals surface area (Å²) in [4.78, 5) is 22.8. The number of carbonyl (C=O) groups excluding carboxylic acids is 1. The topological polar surface area (TPSA) is 66.3 Å². The number of nitrogens with one attached hydrogen (secondary N) is 1. The third kappa shape index (κ3) is 4.15. The maximum atomic E-state index is 13.0. The predicted molar refractivity (Wildman–Crippen MR) is 124 cm³/mol. The molecule has 4 aliphatic rings. The van der Waals surface area contributed by atoms with Crippen LogP contribution in [-0.4, -0.2) is 63.3 Å². The number of piperidine rings is 1. The molecule has 0 bridgehead atoms. The fourth-order valence-corrected chi connectivity index (χ4v) is 6.32. The summed E-state index contributed by atoms with van der Waals surface area (Å²) in [7, 11) is 0. The molecule has 0 radical (unpaired) electrons. The van der Waals surface area contributed by atoms with Gasteiger partial charge in [-0.25, -0.2) is 14.5 Å². The first-order chi connectivity index (χ1) is 15.7. The monoisotopic (exact) mass is 452 g/mol. The second-order valence-electron chi connectivity index (χ2n) is 10.3. The van der Waals surface area contributed by atoms with Crippen LogP contribution in [0, 0.1) is 11.3 Å².